The highest BCUT2D eigenvalue weighted by Gasteiger charge is 2.20. The van der Waals surface area contributed by atoms with Crippen LogP contribution in [0.2, 0.25) is 10.0 Å². The van der Waals surface area contributed by atoms with Gasteiger partial charge in [0.25, 0.3) is 0 Å². The predicted molar refractivity (Wildman–Crippen MR) is 99.3 cm³/mol. The second-order valence-electron chi connectivity index (χ2n) is 5.73. The normalized spacial score (nSPS) is 13.4. The van der Waals surface area contributed by atoms with Crippen LogP contribution in [-0.4, -0.2) is 28.8 Å². The second kappa shape index (κ2) is 8.72. The van der Waals surface area contributed by atoms with E-state index in [0.29, 0.717) is 29.0 Å². The average molecular weight is 390 g/mol. The standard InChI is InChI=1S/C16H18Cl2N4O.ClH/c17-13-4-3-12(14(18)7-13)10-22-15(5-6-20-22)21-16(23)9-19-8-11-1-2-11;/h3-7,11,19H,1-2,8-10H2,(H,21,23);1H. The van der Waals surface area contributed by atoms with E-state index >= 15 is 0 Å². The molecule has 1 aromatic carbocycles. The van der Waals surface area contributed by atoms with Crippen LogP contribution in [0.1, 0.15) is 18.4 Å². The van der Waals surface area contributed by atoms with E-state index in [9.17, 15) is 4.79 Å². The minimum absolute atomic E-state index is 0. The van der Waals surface area contributed by atoms with Crippen molar-refractivity contribution in [3.8, 4) is 0 Å². The molecular formula is C16H19Cl3N4O. The molecule has 24 heavy (non-hydrogen) atoms. The van der Waals surface area contributed by atoms with Gasteiger partial charge in [-0.1, -0.05) is 29.3 Å². The number of rotatable bonds is 7. The summed E-state index contributed by atoms with van der Waals surface area (Å²) >= 11 is 12.1. The van der Waals surface area contributed by atoms with Crippen molar-refractivity contribution in [1.29, 1.82) is 0 Å². The third kappa shape index (κ3) is 5.38. The van der Waals surface area contributed by atoms with Crippen molar-refractivity contribution < 1.29 is 4.79 Å². The summed E-state index contributed by atoms with van der Waals surface area (Å²) in [7, 11) is 0. The molecule has 1 aromatic heterocycles. The van der Waals surface area contributed by atoms with Crippen molar-refractivity contribution in [2.45, 2.75) is 19.4 Å². The molecule has 2 N–H and O–H groups in total. The van der Waals surface area contributed by atoms with Crippen LogP contribution in [0, 0.1) is 5.92 Å². The molecule has 1 saturated carbocycles. The van der Waals surface area contributed by atoms with Crippen molar-refractivity contribution in [2.75, 3.05) is 18.4 Å². The molecule has 1 heterocycles. The van der Waals surface area contributed by atoms with Gasteiger partial charge in [-0.3, -0.25) is 4.79 Å². The quantitative estimate of drug-likeness (QED) is 0.760. The first-order valence-electron chi connectivity index (χ1n) is 7.58. The topological polar surface area (TPSA) is 59.0 Å². The lowest BCUT2D eigenvalue weighted by Crippen LogP contribution is -2.30. The Labute approximate surface area is 157 Å². The molecule has 1 fully saturated rings. The lowest BCUT2D eigenvalue weighted by atomic mass is 10.2. The molecular weight excluding hydrogens is 371 g/mol. The maximum atomic E-state index is 12.0. The number of carbonyl (C=O) groups is 1. The van der Waals surface area contributed by atoms with Gasteiger partial charge in [0, 0.05) is 16.1 Å². The summed E-state index contributed by atoms with van der Waals surface area (Å²) in [5.74, 6) is 1.32. The first-order valence-corrected chi connectivity index (χ1v) is 8.34. The van der Waals surface area contributed by atoms with Crippen LogP contribution in [0.5, 0.6) is 0 Å². The van der Waals surface area contributed by atoms with Gasteiger partial charge in [-0.25, -0.2) is 4.68 Å². The molecule has 0 spiro atoms. The smallest absolute Gasteiger partial charge is 0.239 e. The first kappa shape index (κ1) is 19.1. The van der Waals surface area contributed by atoms with Crippen molar-refractivity contribution in [3.63, 3.8) is 0 Å². The van der Waals surface area contributed by atoms with Crippen LogP contribution in [0.3, 0.4) is 0 Å². The second-order valence-corrected chi connectivity index (χ2v) is 6.58. The van der Waals surface area contributed by atoms with Gasteiger partial charge < -0.3 is 10.6 Å². The zero-order valence-electron chi connectivity index (χ0n) is 13.0. The summed E-state index contributed by atoms with van der Waals surface area (Å²) in [6, 6.07) is 7.10. The van der Waals surface area contributed by atoms with Gasteiger partial charge in [0.1, 0.15) is 5.82 Å². The number of amides is 1. The number of aromatic nitrogens is 2. The fourth-order valence-corrected chi connectivity index (χ4v) is 2.74. The molecule has 0 aliphatic heterocycles. The molecule has 5 nitrogen and oxygen atoms in total. The molecule has 1 amide bonds. The van der Waals surface area contributed by atoms with Crippen LogP contribution in [0.4, 0.5) is 5.82 Å². The van der Waals surface area contributed by atoms with Crippen molar-refractivity contribution in [2.24, 2.45) is 5.92 Å². The van der Waals surface area contributed by atoms with E-state index in [1.54, 1.807) is 29.1 Å². The summed E-state index contributed by atoms with van der Waals surface area (Å²) < 4.78 is 1.70. The SMILES string of the molecule is Cl.O=C(CNCC1CC1)Nc1ccnn1Cc1ccc(Cl)cc1Cl. The lowest BCUT2D eigenvalue weighted by molar-refractivity contribution is -0.115. The zero-order valence-corrected chi connectivity index (χ0v) is 15.3. The fourth-order valence-electron chi connectivity index (χ4n) is 2.27. The fraction of sp³-hybridized carbons (Fsp3) is 0.375. The van der Waals surface area contributed by atoms with Crippen LogP contribution < -0.4 is 10.6 Å². The third-order valence-electron chi connectivity index (χ3n) is 3.73. The number of nitrogens with one attached hydrogen (secondary N) is 2. The number of hydrogen-bond acceptors (Lipinski definition) is 3. The van der Waals surface area contributed by atoms with E-state index in [2.05, 4.69) is 15.7 Å². The molecule has 0 bridgehead atoms. The molecule has 0 unspecified atom stereocenters. The van der Waals surface area contributed by atoms with E-state index < -0.39 is 0 Å². The Hall–Kier alpha value is -1.27. The lowest BCUT2D eigenvalue weighted by Gasteiger charge is -2.11. The number of anilines is 1. The Morgan fingerprint density at radius 2 is 2.08 bits per heavy atom. The van der Waals surface area contributed by atoms with E-state index in [-0.39, 0.29) is 18.3 Å². The minimum Gasteiger partial charge on any atom is -0.310 e. The maximum Gasteiger partial charge on any atom is 0.239 e. The monoisotopic (exact) mass is 388 g/mol. The van der Waals surface area contributed by atoms with E-state index in [1.807, 2.05) is 6.07 Å². The Kier molecular flexibility index (Phi) is 6.92. The van der Waals surface area contributed by atoms with Gasteiger partial charge in [0.05, 0.1) is 19.3 Å². The van der Waals surface area contributed by atoms with Crippen LogP contribution in [0.15, 0.2) is 30.5 Å². The molecule has 0 saturated heterocycles. The summed E-state index contributed by atoms with van der Waals surface area (Å²) in [6.07, 6.45) is 4.18. The summed E-state index contributed by atoms with van der Waals surface area (Å²) in [6.45, 7) is 1.69. The number of carbonyl (C=O) groups excluding carboxylic acids is 1. The molecule has 0 radical (unpaired) electrons. The van der Waals surface area contributed by atoms with Gasteiger partial charge >= 0.3 is 0 Å². The zero-order chi connectivity index (χ0) is 16.2. The predicted octanol–water partition coefficient (Wildman–Crippen LogP) is 3.60. The number of hydrogen-bond donors (Lipinski definition) is 2. The molecule has 3 rings (SSSR count). The van der Waals surface area contributed by atoms with Crippen molar-refractivity contribution >= 4 is 47.3 Å². The molecule has 0 atom stereocenters. The molecule has 2 aromatic rings. The number of benzene rings is 1. The number of halogens is 3. The van der Waals surface area contributed by atoms with Gasteiger partial charge in [-0.05, 0) is 43.0 Å². The maximum absolute atomic E-state index is 12.0. The van der Waals surface area contributed by atoms with Gasteiger partial charge in [0.2, 0.25) is 5.91 Å². The Bertz CT molecular complexity index is 700. The van der Waals surface area contributed by atoms with Crippen molar-refractivity contribution in [3.05, 3.63) is 46.1 Å². The highest BCUT2D eigenvalue weighted by Crippen LogP contribution is 2.27. The highest BCUT2D eigenvalue weighted by atomic mass is 35.5. The number of nitrogens with zero attached hydrogens (tertiary/aromatic N) is 2. The average Bonchev–Trinajstić information content (AvgIpc) is 3.23. The Morgan fingerprint density at radius 3 is 2.79 bits per heavy atom. The molecule has 1 aliphatic carbocycles. The molecule has 130 valence electrons. The molecule has 8 heteroatoms. The first-order chi connectivity index (χ1) is 11.1. The highest BCUT2D eigenvalue weighted by molar-refractivity contribution is 6.35. The van der Waals surface area contributed by atoms with Crippen LogP contribution in [-0.2, 0) is 11.3 Å². The summed E-state index contributed by atoms with van der Waals surface area (Å²) in [5, 5.41) is 11.4. The summed E-state index contributed by atoms with van der Waals surface area (Å²) in [4.78, 5) is 12.0. The third-order valence-corrected chi connectivity index (χ3v) is 4.32. The largest absolute Gasteiger partial charge is 0.310 e. The van der Waals surface area contributed by atoms with Crippen LogP contribution in [0.25, 0.3) is 0 Å². The van der Waals surface area contributed by atoms with E-state index in [1.165, 1.54) is 12.8 Å². The van der Waals surface area contributed by atoms with Crippen LogP contribution >= 0.6 is 35.6 Å². The van der Waals surface area contributed by atoms with Gasteiger partial charge in [-0.2, -0.15) is 5.10 Å². The van der Waals surface area contributed by atoms with E-state index in [4.69, 9.17) is 23.2 Å². The van der Waals surface area contributed by atoms with Gasteiger partial charge in [-0.15, -0.1) is 12.4 Å². The Balaban J connectivity index is 0.00000208. The minimum atomic E-state index is -0.0744. The van der Waals surface area contributed by atoms with Crippen molar-refractivity contribution in [1.82, 2.24) is 15.1 Å². The van der Waals surface area contributed by atoms with Gasteiger partial charge in [0.15, 0.2) is 0 Å². The molecule has 1 aliphatic rings. The van der Waals surface area contributed by atoms with E-state index in [0.717, 1.165) is 18.0 Å². The summed E-state index contributed by atoms with van der Waals surface area (Å²) in [5.41, 5.74) is 0.891. The Morgan fingerprint density at radius 1 is 1.29 bits per heavy atom.